The average molecular weight is 272 g/mol. The summed E-state index contributed by atoms with van der Waals surface area (Å²) in [4.78, 5) is 12.1. The van der Waals surface area contributed by atoms with Crippen molar-refractivity contribution in [2.45, 2.75) is 26.4 Å². The Labute approximate surface area is 118 Å². The normalized spacial score (nSPS) is 12.2. The number of nitrogens with zero attached hydrogens (tertiary/aromatic N) is 2. The molecule has 0 aliphatic rings. The van der Waals surface area contributed by atoms with Crippen molar-refractivity contribution in [3.05, 3.63) is 52.8 Å². The zero-order valence-corrected chi connectivity index (χ0v) is 12.1. The highest BCUT2D eigenvalue weighted by Gasteiger charge is 2.15. The van der Waals surface area contributed by atoms with Crippen molar-refractivity contribution in [3.63, 3.8) is 0 Å². The van der Waals surface area contributed by atoms with Crippen LogP contribution in [0.3, 0.4) is 0 Å². The molecule has 1 aromatic heterocycles. The summed E-state index contributed by atoms with van der Waals surface area (Å²) in [6.45, 7) is 4.41. The van der Waals surface area contributed by atoms with Crippen LogP contribution in [0, 0.1) is 13.8 Å². The van der Waals surface area contributed by atoms with E-state index in [2.05, 4.69) is 10.4 Å². The first-order valence-electron chi connectivity index (χ1n) is 6.56. The summed E-state index contributed by atoms with van der Waals surface area (Å²) < 4.78 is 1.78. The predicted octanol–water partition coefficient (Wildman–Crippen LogP) is 1.35. The number of nitrogens with one attached hydrogen (secondary N) is 1. The van der Waals surface area contributed by atoms with Gasteiger partial charge >= 0.3 is 0 Å². The van der Waals surface area contributed by atoms with E-state index in [9.17, 15) is 4.79 Å². The lowest BCUT2D eigenvalue weighted by atomic mass is 10.1. The Kier molecular flexibility index (Phi) is 4.20. The number of benzene rings is 1. The first-order valence-corrected chi connectivity index (χ1v) is 6.56. The Morgan fingerprint density at radius 3 is 2.55 bits per heavy atom. The number of aromatic nitrogens is 2. The molecule has 20 heavy (non-hydrogen) atoms. The summed E-state index contributed by atoms with van der Waals surface area (Å²) in [5, 5.41) is 6.99. The van der Waals surface area contributed by atoms with Crippen LogP contribution in [0.1, 0.15) is 28.4 Å². The van der Waals surface area contributed by atoms with E-state index in [-0.39, 0.29) is 5.91 Å². The number of rotatable bonds is 4. The summed E-state index contributed by atoms with van der Waals surface area (Å²) in [5.74, 6) is -0.183. The minimum Gasteiger partial charge on any atom is -0.350 e. The summed E-state index contributed by atoms with van der Waals surface area (Å²) in [6.07, 6.45) is 1.76. The Hall–Kier alpha value is -2.14. The molecule has 0 aliphatic heterocycles. The summed E-state index contributed by atoms with van der Waals surface area (Å²) in [6, 6.07) is 7.03. The van der Waals surface area contributed by atoms with Crippen molar-refractivity contribution in [2.24, 2.45) is 12.8 Å². The average Bonchev–Trinajstić information content (AvgIpc) is 2.76. The molecular weight excluding hydrogens is 252 g/mol. The van der Waals surface area contributed by atoms with E-state index < -0.39 is 6.04 Å². The molecule has 3 N–H and O–H groups in total. The van der Waals surface area contributed by atoms with E-state index in [1.54, 1.807) is 10.9 Å². The lowest BCUT2D eigenvalue weighted by molar-refractivity contribution is -0.122. The maximum absolute atomic E-state index is 12.1. The fraction of sp³-hybridized carbons (Fsp3) is 0.333. The van der Waals surface area contributed by atoms with Gasteiger partial charge in [-0.1, -0.05) is 29.8 Å². The molecule has 5 heteroatoms. The van der Waals surface area contributed by atoms with Crippen molar-refractivity contribution in [3.8, 4) is 0 Å². The number of hydrogen-bond acceptors (Lipinski definition) is 3. The second-order valence-corrected chi connectivity index (χ2v) is 4.98. The number of carbonyl (C=O) groups excluding carboxylic acids is 1. The van der Waals surface area contributed by atoms with Gasteiger partial charge in [0, 0.05) is 24.8 Å². The molecule has 1 unspecified atom stereocenters. The van der Waals surface area contributed by atoms with Gasteiger partial charge in [-0.2, -0.15) is 5.10 Å². The van der Waals surface area contributed by atoms with Crippen molar-refractivity contribution in [2.75, 3.05) is 0 Å². The number of nitrogens with two attached hydrogens (primary N) is 1. The van der Waals surface area contributed by atoms with Crippen molar-refractivity contribution >= 4 is 5.91 Å². The molecule has 5 nitrogen and oxygen atoms in total. The van der Waals surface area contributed by atoms with E-state index in [4.69, 9.17) is 5.73 Å². The van der Waals surface area contributed by atoms with Gasteiger partial charge in [-0.25, -0.2) is 0 Å². The van der Waals surface area contributed by atoms with E-state index in [1.165, 1.54) is 0 Å². The van der Waals surface area contributed by atoms with Crippen LogP contribution in [0.15, 0.2) is 30.5 Å². The zero-order chi connectivity index (χ0) is 14.7. The summed E-state index contributed by atoms with van der Waals surface area (Å²) >= 11 is 0. The molecular formula is C15H20N4O. The first kappa shape index (κ1) is 14.3. The Morgan fingerprint density at radius 1 is 1.35 bits per heavy atom. The molecule has 0 bridgehead atoms. The summed E-state index contributed by atoms with van der Waals surface area (Å²) in [5.41, 5.74) is 9.96. The van der Waals surface area contributed by atoms with Gasteiger partial charge in [-0.05, 0) is 19.4 Å². The lowest BCUT2D eigenvalue weighted by Crippen LogP contribution is -2.33. The van der Waals surface area contributed by atoms with Gasteiger partial charge in [0.2, 0.25) is 5.91 Å². The molecule has 0 fully saturated rings. The van der Waals surface area contributed by atoms with E-state index in [1.807, 2.05) is 45.2 Å². The van der Waals surface area contributed by atoms with E-state index in [0.29, 0.717) is 6.54 Å². The van der Waals surface area contributed by atoms with Gasteiger partial charge < -0.3 is 11.1 Å². The molecule has 0 aliphatic carbocycles. The minimum absolute atomic E-state index is 0.183. The fourth-order valence-corrected chi connectivity index (χ4v) is 1.94. The second kappa shape index (κ2) is 5.88. The van der Waals surface area contributed by atoms with Gasteiger partial charge in [0.1, 0.15) is 6.04 Å². The highest BCUT2D eigenvalue weighted by molar-refractivity contribution is 5.82. The molecule has 0 saturated carbocycles. The summed E-state index contributed by atoms with van der Waals surface area (Å²) in [7, 11) is 1.87. The highest BCUT2D eigenvalue weighted by Crippen LogP contribution is 2.12. The third-order valence-corrected chi connectivity index (χ3v) is 3.51. The van der Waals surface area contributed by atoms with Crippen LogP contribution in [-0.2, 0) is 18.4 Å². The highest BCUT2D eigenvalue weighted by atomic mass is 16.2. The molecule has 2 rings (SSSR count). The predicted molar refractivity (Wildman–Crippen MR) is 77.9 cm³/mol. The van der Waals surface area contributed by atoms with E-state index >= 15 is 0 Å². The molecule has 106 valence electrons. The molecule has 1 amide bonds. The molecule has 1 aromatic carbocycles. The smallest absolute Gasteiger partial charge is 0.241 e. The van der Waals surface area contributed by atoms with Crippen LogP contribution in [0.4, 0.5) is 0 Å². The van der Waals surface area contributed by atoms with Gasteiger partial charge in [0.15, 0.2) is 0 Å². The topological polar surface area (TPSA) is 72.9 Å². The SMILES string of the molecule is Cc1ccc(C(N)C(=O)NCc2cnn(C)c2C)cc1. The molecule has 1 heterocycles. The van der Waals surface area contributed by atoms with Gasteiger partial charge in [-0.3, -0.25) is 9.48 Å². The maximum atomic E-state index is 12.1. The van der Waals surface area contributed by atoms with E-state index in [0.717, 1.165) is 22.4 Å². The number of amides is 1. The van der Waals surface area contributed by atoms with Crippen molar-refractivity contribution < 1.29 is 4.79 Å². The Bertz CT molecular complexity index is 601. The number of carbonyl (C=O) groups is 1. The van der Waals surface area contributed by atoms with Crippen LogP contribution < -0.4 is 11.1 Å². The Morgan fingerprint density at radius 2 is 2.00 bits per heavy atom. The van der Waals surface area contributed by atoms with Gasteiger partial charge in [-0.15, -0.1) is 0 Å². The molecule has 0 saturated heterocycles. The Balaban J connectivity index is 1.98. The largest absolute Gasteiger partial charge is 0.350 e. The van der Waals surface area contributed by atoms with Crippen molar-refractivity contribution in [1.29, 1.82) is 0 Å². The second-order valence-electron chi connectivity index (χ2n) is 4.98. The van der Waals surface area contributed by atoms with Gasteiger partial charge in [0.05, 0.1) is 6.20 Å². The third-order valence-electron chi connectivity index (χ3n) is 3.51. The first-order chi connectivity index (χ1) is 9.49. The van der Waals surface area contributed by atoms with Crippen LogP contribution >= 0.6 is 0 Å². The molecule has 0 radical (unpaired) electrons. The molecule has 0 spiro atoms. The van der Waals surface area contributed by atoms with Gasteiger partial charge in [0.25, 0.3) is 0 Å². The van der Waals surface area contributed by atoms with Crippen molar-refractivity contribution in [1.82, 2.24) is 15.1 Å². The van der Waals surface area contributed by atoms with Crippen LogP contribution in [0.25, 0.3) is 0 Å². The van der Waals surface area contributed by atoms with Crippen LogP contribution in [0.2, 0.25) is 0 Å². The fourth-order valence-electron chi connectivity index (χ4n) is 1.94. The molecule has 2 aromatic rings. The van der Waals surface area contributed by atoms with Crippen LogP contribution in [0.5, 0.6) is 0 Å². The number of aryl methyl sites for hydroxylation is 2. The molecule has 1 atom stereocenters. The third kappa shape index (κ3) is 3.05. The monoisotopic (exact) mass is 272 g/mol. The lowest BCUT2D eigenvalue weighted by Gasteiger charge is -2.12. The number of hydrogen-bond donors (Lipinski definition) is 2. The minimum atomic E-state index is -0.646. The standard InChI is InChI=1S/C15H20N4O/c1-10-4-6-12(7-5-10)14(16)15(20)17-8-13-9-18-19(3)11(13)2/h4-7,9,14H,8,16H2,1-3H3,(H,17,20). The maximum Gasteiger partial charge on any atom is 0.241 e. The zero-order valence-electron chi connectivity index (χ0n) is 12.1. The van der Waals surface area contributed by atoms with Crippen LogP contribution in [-0.4, -0.2) is 15.7 Å². The quantitative estimate of drug-likeness (QED) is 0.882.